The van der Waals surface area contributed by atoms with Gasteiger partial charge in [-0.1, -0.05) is 85.1 Å². The number of hydrogen-bond acceptors (Lipinski definition) is 3. The zero-order valence-corrected chi connectivity index (χ0v) is 15.6. The van der Waals surface area contributed by atoms with Gasteiger partial charge in [0.05, 0.1) is 16.5 Å². The Balaban J connectivity index is 1.79. The first-order valence-corrected chi connectivity index (χ1v) is 9.76. The van der Waals surface area contributed by atoms with Crippen molar-refractivity contribution in [2.75, 3.05) is 0 Å². The third kappa shape index (κ3) is 2.81. The number of aromatic nitrogens is 4. The molecule has 134 valence electrons. The van der Waals surface area contributed by atoms with Gasteiger partial charge in [-0.05, 0) is 12.8 Å². The Bertz CT molecular complexity index is 1080. The van der Waals surface area contributed by atoms with Crippen molar-refractivity contribution in [2.24, 2.45) is 0 Å². The first kappa shape index (κ1) is 16.5. The molecule has 0 aliphatic heterocycles. The van der Waals surface area contributed by atoms with Crippen molar-refractivity contribution in [3.63, 3.8) is 0 Å². The van der Waals surface area contributed by atoms with Crippen molar-refractivity contribution < 1.29 is 0 Å². The summed E-state index contributed by atoms with van der Waals surface area (Å²) in [5.74, 6) is 0. The van der Waals surface area contributed by atoms with E-state index in [1.54, 1.807) is 0 Å². The van der Waals surface area contributed by atoms with E-state index in [-0.39, 0.29) is 0 Å². The van der Waals surface area contributed by atoms with Crippen molar-refractivity contribution in [1.82, 2.24) is 20.0 Å². The number of benzene rings is 2. The zero-order valence-electron chi connectivity index (χ0n) is 14.8. The molecule has 1 saturated carbocycles. The molecule has 2 aromatic carbocycles. The first-order chi connectivity index (χ1) is 13.3. The largest absolute Gasteiger partial charge is 0.242 e. The van der Waals surface area contributed by atoms with E-state index < -0.39 is 0 Å². The molecule has 0 atom stereocenters. The summed E-state index contributed by atoms with van der Waals surface area (Å²) in [7, 11) is 0. The molecule has 2 heterocycles. The van der Waals surface area contributed by atoms with E-state index in [0.717, 1.165) is 40.7 Å². The summed E-state index contributed by atoms with van der Waals surface area (Å²) in [5.41, 5.74) is 4.38. The van der Waals surface area contributed by atoms with E-state index in [0.29, 0.717) is 16.8 Å². The lowest BCUT2D eigenvalue weighted by Gasteiger charge is -2.10. The van der Waals surface area contributed by atoms with Gasteiger partial charge in [0.25, 0.3) is 0 Å². The Morgan fingerprint density at radius 2 is 1.37 bits per heavy atom. The van der Waals surface area contributed by atoms with Crippen molar-refractivity contribution >= 4 is 22.6 Å². The molecule has 5 rings (SSSR count). The van der Waals surface area contributed by atoms with Crippen LogP contribution in [0.15, 0.2) is 60.7 Å². The van der Waals surface area contributed by atoms with E-state index >= 15 is 0 Å². The standard InChI is InChI=1S/C22H19ClN4/c23-19-18-20(15-9-3-1-4-10-15)26-27(17-13-7-8-14-17)22(18)25-24-21(19)16-11-5-2-6-12-16/h1-6,9-12,17H,7-8,13-14H2. The molecule has 0 spiro atoms. The van der Waals surface area contributed by atoms with Crippen LogP contribution >= 0.6 is 11.6 Å². The third-order valence-electron chi connectivity index (χ3n) is 5.32. The summed E-state index contributed by atoms with van der Waals surface area (Å²) >= 11 is 6.90. The zero-order chi connectivity index (χ0) is 18.2. The molecule has 0 saturated heterocycles. The van der Waals surface area contributed by atoms with Crippen LogP contribution in [0.5, 0.6) is 0 Å². The Morgan fingerprint density at radius 3 is 2.00 bits per heavy atom. The van der Waals surface area contributed by atoms with Gasteiger partial charge in [-0.3, -0.25) is 0 Å². The molecule has 1 aliphatic rings. The van der Waals surface area contributed by atoms with Gasteiger partial charge in [0.2, 0.25) is 0 Å². The lowest BCUT2D eigenvalue weighted by atomic mass is 10.1. The number of nitrogens with zero attached hydrogens (tertiary/aromatic N) is 4. The molecule has 4 nitrogen and oxygen atoms in total. The lowest BCUT2D eigenvalue weighted by molar-refractivity contribution is 0.478. The van der Waals surface area contributed by atoms with Crippen LogP contribution in [-0.4, -0.2) is 20.0 Å². The average Bonchev–Trinajstić information content (AvgIpc) is 3.38. The van der Waals surface area contributed by atoms with Crippen molar-refractivity contribution in [1.29, 1.82) is 0 Å². The van der Waals surface area contributed by atoms with Gasteiger partial charge < -0.3 is 0 Å². The number of fused-ring (bicyclic) bond motifs is 1. The minimum Gasteiger partial charge on any atom is -0.242 e. The highest BCUT2D eigenvalue weighted by Gasteiger charge is 2.26. The second kappa shape index (κ2) is 6.78. The molecule has 27 heavy (non-hydrogen) atoms. The summed E-state index contributed by atoms with van der Waals surface area (Å²) in [6.07, 6.45) is 4.72. The number of hydrogen-bond donors (Lipinski definition) is 0. The normalized spacial score (nSPS) is 14.9. The van der Waals surface area contributed by atoms with Crippen molar-refractivity contribution in [3.05, 3.63) is 65.7 Å². The van der Waals surface area contributed by atoms with Gasteiger partial charge >= 0.3 is 0 Å². The van der Waals surface area contributed by atoms with Crippen LogP contribution in [0.25, 0.3) is 33.5 Å². The van der Waals surface area contributed by atoms with Crippen LogP contribution in [0.1, 0.15) is 31.7 Å². The summed E-state index contributed by atoms with van der Waals surface area (Å²) in [6.45, 7) is 0. The smallest absolute Gasteiger partial charge is 0.182 e. The van der Waals surface area contributed by atoms with Gasteiger partial charge in [0.1, 0.15) is 11.4 Å². The SMILES string of the molecule is Clc1c(-c2ccccc2)nnc2c1c(-c1ccccc1)nn2C1CCCC1. The topological polar surface area (TPSA) is 43.6 Å². The second-order valence-corrected chi connectivity index (χ2v) is 7.40. The lowest BCUT2D eigenvalue weighted by Crippen LogP contribution is -2.08. The van der Waals surface area contributed by atoms with E-state index in [4.69, 9.17) is 16.7 Å². The van der Waals surface area contributed by atoms with E-state index in [1.165, 1.54) is 12.8 Å². The van der Waals surface area contributed by atoms with Crippen molar-refractivity contribution in [3.8, 4) is 22.5 Å². The van der Waals surface area contributed by atoms with Crippen LogP contribution in [0.2, 0.25) is 5.02 Å². The van der Waals surface area contributed by atoms with Gasteiger partial charge in [0.15, 0.2) is 5.65 Å². The van der Waals surface area contributed by atoms with Gasteiger partial charge in [-0.2, -0.15) is 5.10 Å². The summed E-state index contributed by atoms with van der Waals surface area (Å²) in [6, 6.07) is 20.5. The number of halogens is 1. The Morgan fingerprint density at radius 1 is 0.778 bits per heavy atom. The maximum Gasteiger partial charge on any atom is 0.182 e. The quantitative estimate of drug-likeness (QED) is 0.446. The molecule has 4 aromatic rings. The van der Waals surface area contributed by atoms with Crippen LogP contribution in [0.4, 0.5) is 0 Å². The second-order valence-electron chi connectivity index (χ2n) is 7.02. The molecule has 0 bridgehead atoms. The van der Waals surface area contributed by atoms with Crippen LogP contribution in [0.3, 0.4) is 0 Å². The highest BCUT2D eigenvalue weighted by atomic mass is 35.5. The minimum atomic E-state index is 0.373. The predicted octanol–water partition coefficient (Wildman–Crippen LogP) is 5.93. The molecular formula is C22H19ClN4. The molecule has 0 radical (unpaired) electrons. The fourth-order valence-corrected chi connectivity index (χ4v) is 4.29. The first-order valence-electron chi connectivity index (χ1n) is 9.38. The molecule has 0 N–H and O–H groups in total. The Kier molecular flexibility index (Phi) is 4.13. The molecule has 5 heteroatoms. The summed E-state index contributed by atoms with van der Waals surface area (Å²) in [5, 5.41) is 15.5. The molecule has 0 amide bonds. The Hall–Kier alpha value is -2.72. The van der Waals surface area contributed by atoms with E-state index in [2.05, 4.69) is 27.0 Å². The molecule has 1 aliphatic carbocycles. The number of rotatable bonds is 3. The van der Waals surface area contributed by atoms with Crippen LogP contribution in [0, 0.1) is 0 Å². The molecule has 1 fully saturated rings. The fourth-order valence-electron chi connectivity index (χ4n) is 3.97. The highest BCUT2D eigenvalue weighted by Crippen LogP contribution is 2.40. The van der Waals surface area contributed by atoms with Crippen LogP contribution in [-0.2, 0) is 0 Å². The molecule has 2 aromatic heterocycles. The third-order valence-corrected chi connectivity index (χ3v) is 5.69. The van der Waals surface area contributed by atoms with Gasteiger partial charge in [-0.25, -0.2) is 4.68 Å². The van der Waals surface area contributed by atoms with E-state index in [1.807, 2.05) is 48.5 Å². The van der Waals surface area contributed by atoms with Crippen molar-refractivity contribution in [2.45, 2.75) is 31.7 Å². The predicted molar refractivity (Wildman–Crippen MR) is 109 cm³/mol. The molecule has 0 unspecified atom stereocenters. The fraction of sp³-hybridized carbons (Fsp3) is 0.227. The maximum atomic E-state index is 6.90. The minimum absolute atomic E-state index is 0.373. The van der Waals surface area contributed by atoms with Crippen LogP contribution < -0.4 is 0 Å². The van der Waals surface area contributed by atoms with Gasteiger partial charge in [0, 0.05) is 11.1 Å². The Labute approximate surface area is 162 Å². The highest BCUT2D eigenvalue weighted by molar-refractivity contribution is 6.38. The average molecular weight is 375 g/mol. The van der Waals surface area contributed by atoms with Gasteiger partial charge in [-0.15, -0.1) is 10.2 Å². The monoisotopic (exact) mass is 374 g/mol. The summed E-state index contributed by atoms with van der Waals surface area (Å²) in [4.78, 5) is 0. The molecular weight excluding hydrogens is 356 g/mol. The summed E-state index contributed by atoms with van der Waals surface area (Å²) < 4.78 is 2.05. The maximum absolute atomic E-state index is 6.90. The van der Waals surface area contributed by atoms with E-state index in [9.17, 15) is 0 Å².